The fourth-order valence-electron chi connectivity index (χ4n) is 2.88. The van der Waals surface area contributed by atoms with Gasteiger partial charge < -0.3 is 40.5 Å². The highest BCUT2D eigenvalue weighted by atomic mass is 31.2. The summed E-state index contributed by atoms with van der Waals surface area (Å²) in [6, 6.07) is 6.39. The Morgan fingerprint density at radius 2 is 1.67 bits per heavy atom. The van der Waals surface area contributed by atoms with E-state index in [-0.39, 0.29) is 18.9 Å². The fourth-order valence-corrected chi connectivity index (χ4v) is 3.47. The summed E-state index contributed by atoms with van der Waals surface area (Å²) in [6.45, 7) is 0. The van der Waals surface area contributed by atoms with Gasteiger partial charge in [0.25, 0.3) is 0 Å². The molecule has 1 aliphatic heterocycles. The lowest BCUT2D eigenvalue weighted by atomic mass is 9.90. The summed E-state index contributed by atoms with van der Waals surface area (Å²) in [4.78, 5) is 29.3. The summed E-state index contributed by atoms with van der Waals surface area (Å²) in [5.74, 6) is 0. The van der Waals surface area contributed by atoms with Crippen LogP contribution in [0.15, 0.2) is 24.3 Å². The van der Waals surface area contributed by atoms with E-state index in [9.17, 15) is 24.7 Å². The SMILES string of the molecule is CNC(=O)Nc1ccc(C[C@H]2O[C@H](CCP(=O)(O)O)[C@@H](O)[C@H](O)[C@@H]2O)cc1. The molecule has 1 aliphatic rings. The Morgan fingerprint density at radius 3 is 2.22 bits per heavy atom. The smallest absolute Gasteiger partial charge is 0.325 e. The zero-order valence-electron chi connectivity index (χ0n) is 14.7. The molecule has 0 spiro atoms. The lowest BCUT2D eigenvalue weighted by molar-refractivity contribution is -0.221. The number of urea groups is 1. The van der Waals surface area contributed by atoms with Crippen LogP contribution in [0.3, 0.4) is 0 Å². The highest BCUT2D eigenvalue weighted by Gasteiger charge is 2.43. The van der Waals surface area contributed by atoms with Gasteiger partial charge >= 0.3 is 13.6 Å². The van der Waals surface area contributed by atoms with Crippen LogP contribution in [0.4, 0.5) is 10.5 Å². The number of anilines is 1. The van der Waals surface area contributed by atoms with E-state index in [1.54, 1.807) is 24.3 Å². The van der Waals surface area contributed by atoms with Crippen LogP contribution in [-0.4, -0.2) is 74.9 Å². The van der Waals surface area contributed by atoms with E-state index < -0.39 is 44.3 Å². The van der Waals surface area contributed by atoms with E-state index in [2.05, 4.69) is 10.6 Å². The predicted octanol–water partition coefficient (Wildman–Crippen LogP) is -0.602. The number of carbonyl (C=O) groups excluding carboxylic acids is 1. The van der Waals surface area contributed by atoms with Gasteiger partial charge in [0.05, 0.1) is 18.4 Å². The van der Waals surface area contributed by atoms with Crippen molar-refractivity contribution in [2.24, 2.45) is 0 Å². The molecule has 5 atom stereocenters. The Bertz CT molecular complexity index is 680. The Morgan fingerprint density at radius 1 is 1.07 bits per heavy atom. The minimum atomic E-state index is -4.28. The molecule has 1 aromatic carbocycles. The van der Waals surface area contributed by atoms with Gasteiger partial charge in [-0.25, -0.2) is 4.79 Å². The molecule has 7 N–H and O–H groups in total. The summed E-state index contributed by atoms with van der Waals surface area (Å²) in [7, 11) is -2.78. The summed E-state index contributed by atoms with van der Waals surface area (Å²) in [5, 5.41) is 35.2. The summed E-state index contributed by atoms with van der Waals surface area (Å²) >= 11 is 0. The van der Waals surface area contributed by atoms with Gasteiger partial charge in [-0.15, -0.1) is 0 Å². The van der Waals surface area contributed by atoms with E-state index in [4.69, 9.17) is 14.5 Å². The van der Waals surface area contributed by atoms with E-state index in [1.165, 1.54) is 7.05 Å². The van der Waals surface area contributed by atoms with Gasteiger partial charge in [-0.3, -0.25) is 4.57 Å². The third kappa shape index (κ3) is 6.25. The number of aliphatic hydroxyl groups excluding tert-OH is 3. The van der Waals surface area contributed by atoms with Crippen LogP contribution in [0.1, 0.15) is 12.0 Å². The Kier molecular flexibility index (Phi) is 7.35. The molecule has 0 radical (unpaired) electrons. The zero-order valence-corrected chi connectivity index (χ0v) is 15.6. The molecule has 1 saturated heterocycles. The first-order valence-corrected chi connectivity index (χ1v) is 10.2. The van der Waals surface area contributed by atoms with Gasteiger partial charge in [0.1, 0.15) is 18.3 Å². The summed E-state index contributed by atoms with van der Waals surface area (Å²) < 4.78 is 16.6. The molecule has 27 heavy (non-hydrogen) atoms. The number of carbonyl (C=O) groups is 1. The standard InChI is InChI=1S/C16H25N2O8P/c1-17-16(22)18-10-4-2-9(3-5-10)8-12-14(20)15(21)13(19)11(26-12)6-7-27(23,24)25/h2-5,11-15,19-21H,6-8H2,1H3,(H2,17,18,22)(H2,23,24,25)/t11-,12-,13-,14-,15+/m1/s1. The highest BCUT2D eigenvalue weighted by Crippen LogP contribution is 2.37. The van der Waals surface area contributed by atoms with Crippen LogP contribution in [0.5, 0.6) is 0 Å². The Hall–Kier alpha value is -1.52. The number of aliphatic hydroxyl groups is 3. The van der Waals surface area contributed by atoms with Crippen LogP contribution in [0, 0.1) is 0 Å². The fraction of sp³-hybridized carbons (Fsp3) is 0.562. The lowest BCUT2D eigenvalue weighted by Crippen LogP contribution is -2.58. The second-order valence-corrected chi connectivity index (χ2v) is 8.24. The molecule has 2 rings (SSSR count). The largest absolute Gasteiger partial charge is 0.388 e. The number of benzene rings is 1. The molecule has 2 amide bonds. The highest BCUT2D eigenvalue weighted by molar-refractivity contribution is 7.51. The number of ether oxygens (including phenoxy) is 1. The minimum Gasteiger partial charge on any atom is -0.388 e. The van der Waals surface area contributed by atoms with Crippen molar-refractivity contribution in [2.45, 2.75) is 43.4 Å². The monoisotopic (exact) mass is 404 g/mol. The van der Waals surface area contributed by atoms with Crippen LogP contribution < -0.4 is 10.6 Å². The second-order valence-electron chi connectivity index (χ2n) is 6.47. The first kappa shape index (κ1) is 21.8. The number of nitrogens with one attached hydrogen (secondary N) is 2. The first-order chi connectivity index (χ1) is 12.6. The van der Waals surface area contributed by atoms with Crippen molar-refractivity contribution in [3.63, 3.8) is 0 Å². The lowest BCUT2D eigenvalue weighted by Gasteiger charge is -2.41. The maximum atomic E-state index is 11.3. The molecule has 0 saturated carbocycles. The third-order valence-corrected chi connectivity index (χ3v) is 5.23. The maximum absolute atomic E-state index is 11.3. The van der Waals surface area contributed by atoms with Gasteiger partial charge in [-0.1, -0.05) is 12.1 Å². The number of amides is 2. The molecule has 1 heterocycles. The molecular formula is C16H25N2O8P. The molecule has 1 aromatic rings. The van der Waals surface area contributed by atoms with E-state index in [0.717, 1.165) is 5.56 Å². The first-order valence-electron chi connectivity index (χ1n) is 8.42. The van der Waals surface area contributed by atoms with Crippen LogP contribution in [0.25, 0.3) is 0 Å². The summed E-state index contributed by atoms with van der Waals surface area (Å²) in [5.41, 5.74) is 1.32. The van der Waals surface area contributed by atoms with E-state index >= 15 is 0 Å². The van der Waals surface area contributed by atoms with Crippen molar-refractivity contribution >= 4 is 19.3 Å². The van der Waals surface area contributed by atoms with Crippen molar-refractivity contribution in [1.29, 1.82) is 0 Å². The normalized spacial score (nSPS) is 28.6. The van der Waals surface area contributed by atoms with Gasteiger partial charge in [-0.05, 0) is 24.1 Å². The number of hydrogen-bond donors (Lipinski definition) is 7. The molecule has 10 nitrogen and oxygen atoms in total. The molecule has 0 aromatic heterocycles. The van der Waals surface area contributed by atoms with Crippen LogP contribution >= 0.6 is 7.60 Å². The molecule has 0 unspecified atom stereocenters. The van der Waals surface area contributed by atoms with E-state index in [0.29, 0.717) is 5.69 Å². The van der Waals surface area contributed by atoms with Gasteiger partial charge in [-0.2, -0.15) is 0 Å². The molecule has 11 heteroatoms. The third-order valence-electron chi connectivity index (χ3n) is 4.39. The average molecular weight is 404 g/mol. The molecular weight excluding hydrogens is 379 g/mol. The Balaban J connectivity index is 2.03. The molecule has 0 aliphatic carbocycles. The number of rotatable bonds is 6. The van der Waals surface area contributed by atoms with Crippen molar-refractivity contribution in [3.05, 3.63) is 29.8 Å². The number of hydrogen-bond acceptors (Lipinski definition) is 6. The quantitative estimate of drug-likeness (QED) is 0.308. The van der Waals surface area contributed by atoms with Crippen molar-refractivity contribution < 1.29 is 39.2 Å². The van der Waals surface area contributed by atoms with Gasteiger partial charge in [0, 0.05) is 19.2 Å². The zero-order chi connectivity index (χ0) is 20.2. The molecule has 1 fully saturated rings. The van der Waals surface area contributed by atoms with E-state index in [1.807, 2.05) is 0 Å². The van der Waals surface area contributed by atoms with Crippen LogP contribution in [-0.2, 0) is 15.7 Å². The maximum Gasteiger partial charge on any atom is 0.325 e. The minimum absolute atomic E-state index is 0.152. The predicted molar refractivity (Wildman–Crippen MR) is 96.4 cm³/mol. The molecule has 0 bridgehead atoms. The Labute approximate surface area is 156 Å². The average Bonchev–Trinajstić information content (AvgIpc) is 2.61. The van der Waals surface area contributed by atoms with Gasteiger partial charge in [0.15, 0.2) is 0 Å². The van der Waals surface area contributed by atoms with Gasteiger partial charge in [0.2, 0.25) is 0 Å². The topological polar surface area (TPSA) is 169 Å². The van der Waals surface area contributed by atoms with Crippen molar-refractivity contribution in [3.8, 4) is 0 Å². The molecule has 152 valence electrons. The van der Waals surface area contributed by atoms with Crippen LogP contribution in [0.2, 0.25) is 0 Å². The second kappa shape index (κ2) is 9.11. The van der Waals surface area contributed by atoms with Crippen molar-refractivity contribution in [2.75, 3.05) is 18.5 Å². The summed E-state index contributed by atoms with van der Waals surface area (Å²) in [6.07, 6.45) is -6.59. The van der Waals surface area contributed by atoms with Crippen molar-refractivity contribution in [1.82, 2.24) is 5.32 Å².